The highest BCUT2D eigenvalue weighted by Crippen LogP contribution is 2.09. The summed E-state index contributed by atoms with van der Waals surface area (Å²) in [6, 6.07) is 0. The van der Waals surface area contributed by atoms with Gasteiger partial charge in [-0.2, -0.15) is 11.8 Å². The van der Waals surface area contributed by atoms with Crippen molar-refractivity contribution in [3.8, 4) is 6.26 Å². The highest BCUT2D eigenvalue weighted by Gasteiger charge is 2.35. The standard InChI is InChI=1S/C7H10N2O3S/c1-13-3-2-7(9,4-10)6(11)12-5-8/h4H,2-3,9H2,1H3. The minimum Gasteiger partial charge on any atom is -0.349 e. The number of carbonyl (C=O) groups is 2. The molecule has 0 aromatic heterocycles. The Morgan fingerprint density at radius 1 is 1.85 bits per heavy atom. The van der Waals surface area contributed by atoms with E-state index in [4.69, 9.17) is 11.0 Å². The summed E-state index contributed by atoms with van der Waals surface area (Å²) in [5, 5.41) is 8.05. The number of esters is 1. The number of thioether (sulfide) groups is 1. The van der Waals surface area contributed by atoms with Crippen LogP contribution in [0.2, 0.25) is 0 Å². The van der Waals surface area contributed by atoms with Crippen molar-refractivity contribution < 1.29 is 14.3 Å². The summed E-state index contributed by atoms with van der Waals surface area (Å²) in [5.41, 5.74) is 3.72. The van der Waals surface area contributed by atoms with Crippen LogP contribution in [-0.2, 0) is 14.3 Å². The number of aldehydes is 1. The van der Waals surface area contributed by atoms with Gasteiger partial charge < -0.3 is 15.3 Å². The summed E-state index contributed by atoms with van der Waals surface area (Å²) in [6.45, 7) is 0. The zero-order chi connectivity index (χ0) is 10.3. The number of hydrogen-bond acceptors (Lipinski definition) is 6. The molecule has 2 N–H and O–H groups in total. The number of carbonyl (C=O) groups excluding carboxylic acids is 2. The van der Waals surface area contributed by atoms with Gasteiger partial charge in [0.2, 0.25) is 0 Å². The van der Waals surface area contributed by atoms with Crippen LogP contribution in [0.25, 0.3) is 0 Å². The van der Waals surface area contributed by atoms with Crippen LogP contribution in [0.4, 0.5) is 0 Å². The topological polar surface area (TPSA) is 93.2 Å². The van der Waals surface area contributed by atoms with Gasteiger partial charge in [0.15, 0.2) is 11.8 Å². The van der Waals surface area contributed by atoms with Crippen molar-refractivity contribution in [3.63, 3.8) is 0 Å². The quantitative estimate of drug-likeness (QED) is 0.284. The average molecular weight is 202 g/mol. The highest BCUT2D eigenvalue weighted by molar-refractivity contribution is 7.98. The fraction of sp³-hybridized carbons (Fsp3) is 0.571. The zero-order valence-electron chi connectivity index (χ0n) is 7.15. The molecule has 0 saturated heterocycles. The van der Waals surface area contributed by atoms with Crippen molar-refractivity contribution in [3.05, 3.63) is 0 Å². The molecule has 0 spiro atoms. The van der Waals surface area contributed by atoms with Crippen molar-refractivity contribution in [1.29, 1.82) is 5.26 Å². The van der Waals surface area contributed by atoms with E-state index in [0.29, 0.717) is 12.0 Å². The average Bonchev–Trinajstić information content (AvgIpc) is 2.14. The van der Waals surface area contributed by atoms with Gasteiger partial charge in [0, 0.05) is 0 Å². The number of ether oxygens (including phenoxy) is 1. The van der Waals surface area contributed by atoms with Gasteiger partial charge in [-0.15, -0.1) is 5.26 Å². The number of rotatable bonds is 5. The maximum absolute atomic E-state index is 11.0. The van der Waals surface area contributed by atoms with Crippen LogP contribution < -0.4 is 5.73 Å². The summed E-state index contributed by atoms with van der Waals surface area (Å²) in [6.07, 6.45) is 3.48. The smallest absolute Gasteiger partial charge is 0.348 e. The zero-order valence-corrected chi connectivity index (χ0v) is 7.97. The molecule has 0 fully saturated rings. The van der Waals surface area contributed by atoms with Crippen molar-refractivity contribution in [1.82, 2.24) is 0 Å². The summed E-state index contributed by atoms with van der Waals surface area (Å²) >= 11 is 1.45. The second-order valence-electron chi connectivity index (χ2n) is 2.38. The van der Waals surface area contributed by atoms with Crippen molar-refractivity contribution in [2.24, 2.45) is 5.73 Å². The van der Waals surface area contributed by atoms with Gasteiger partial charge in [-0.05, 0) is 18.4 Å². The second kappa shape index (κ2) is 5.56. The Morgan fingerprint density at radius 2 is 2.46 bits per heavy atom. The third-order valence-electron chi connectivity index (χ3n) is 1.45. The molecule has 0 saturated carbocycles. The molecule has 0 amide bonds. The van der Waals surface area contributed by atoms with Crippen LogP contribution in [-0.4, -0.2) is 29.8 Å². The Morgan fingerprint density at radius 3 is 2.85 bits per heavy atom. The molecular formula is C7H10N2O3S. The van der Waals surface area contributed by atoms with Crippen molar-refractivity contribution >= 4 is 24.0 Å². The van der Waals surface area contributed by atoms with Gasteiger partial charge in [0.05, 0.1) is 0 Å². The second-order valence-corrected chi connectivity index (χ2v) is 3.37. The van der Waals surface area contributed by atoms with Gasteiger partial charge in [-0.25, -0.2) is 4.79 Å². The molecule has 0 aliphatic carbocycles. The van der Waals surface area contributed by atoms with Gasteiger partial charge in [0.25, 0.3) is 6.26 Å². The van der Waals surface area contributed by atoms with E-state index in [0.717, 1.165) is 0 Å². The van der Waals surface area contributed by atoms with Crippen LogP contribution in [0.15, 0.2) is 0 Å². The molecule has 72 valence electrons. The molecule has 0 aromatic rings. The summed E-state index contributed by atoms with van der Waals surface area (Å²) in [5.74, 6) is -0.450. The third kappa shape index (κ3) is 3.44. The van der Waals surface area contributed by atoms with Crippen LogP contribution in [0, 0.1) is 11.5 Å². The Labute approximate surface area is 80.2 Å². The molecule has 0 rings (SSSR count). The minimum absolute atomic E-state index is 0.165. The summed E-state index contributed by atoms with van der Waals surface area (Å²) < 4.78 is 4.00. The fourth-order valence-electron chi connectivity index (χ4n) is 0.617. The molecule has 5 nitrogen and oxygen atoms in total. The third-order valence-corrected chi connectivity index (χ3v) is 2.06. The number of nitriles is 1. The largest absolute Gasteiger partial charge is 0.349 e. The number of nitrogens with zero attached hydrogens (tertiary/aromatic N) is 1. The van der Waals surface area contributed by atoms with Gasteiger partial charge >= 0.3 is 5.97 Å². The molecule has 0 heterocycles. The van der Waals surface area contributed by atoms with Crippen LogP contribution in [0.5, 0.6) is 0 Å². The first-order valence-corrected chi connectivity index (χ1v) is 4.84. The summed E-state index contributed by atoms with van der Waals surface area (Å²) in [7, 11) is 0. The van der Waals surface area contributed by atoms with Crippen molar-refractivity contribution in [2.75, 3.05) is 12.0 Å². The van der Waals surface area contributed by atoms with Gasteiger partial charge in [0.1, 0.15) is 0 Å². The van der Waals surface area contributed by atoms with Gasteiger partial charge in [-0.1, -0.05) is 0 Å². The molecule has 1 unspecified atom stereocenters. The molecule has 13 heavy (non-hydrogen) atoms. The van der Waals surface area contributed by atoms with E-state index in [1.165, 1.54) is 18.0 Å². The lowest BCUT2D eigenvalue weighted by Gasteiger charge is -2.17. The molecule has 0 bridgehead atoms. The highest BCUT2D eigenvalue weighted by atomic mass is 32.2. The van der Waals surface area contributed by atoms with Crippen molar-refractivity contribution in [2.45, 2.75) is 12.0 Å². The molecule has 1 atom stereocenters. The number of hydrogen-bond donors (Lipinski definition) is 1. The Hall–Kier alpha value is -1.06. The SMILES string of the molecule is CSCCC(N)(C=O)C(=O)OC#N. The predicted octanol–water partition coefficient (Wildman–Crippen LogP) is -0.340. The normalized spacial score (nSPS) is 13.9. The van der Waals surface area contributed by atoms with E-state index in [-0.39, 0.29) is 6.42 Å². The molecule has 0 aliphatic heterocycles. The lowest BCUT2D eigenvalue weighted by Crippen LogP contribution is -2.50. The van der Waals surface area contributed by atoms with E-state index in [1.54, 1.807) is 0 Å². The van der Waals surface area contributed by atoms with E-state index in [2.05, 4.69) is 4.74 Å². The first-order valence-electron chi connectivity index (χ1n) is 3.45. The molecule has 0 aromatic carbocycles. The van der Waals surface area contributed by atoms with Crippen LogP contribution in [0.3, 0.4) is 0 Å². The molecule has 0 aliphatic rings. The molecule has 0 radical (unpaired) electrons. The lowest BCUT2D eigenvalue weighted by atomic mass is 10.0. The Kier molecular flexibility index (Phi) is 5.11. The van der Waals surface area contributed by atoms with E-state index in [1.807, 2.05) is 6.26 Å². The van der Waals surface area contributed by atoms with Crippen LogP contribution in [0.1, 0.15) is 6.42 Å². The van der Waals surface area contributed by atoms with E-state index >= 15 is 0 Å². The first-order chi connectivity index (χ1) is 6.10. The lowest BCUT2D eigenvalue weighted by molar-refractivity contribution is -0.145. The predicted molar refractivity (Wildman–Crippen MR) is 47.7 cm³/mol. The molecular weight excluding hydrogens is 192 g/mol. The maximum atomic E-state index is 11.0. The molecule has 6 heteroatoms. The Balaban J connectivity index is 4.35. The van der Waals surface area contributed by atoms with E-state index < -0.39 is 11.5 Å². The van der Waals surface area contributed by atoms with E-state index in [9.17, 15) is 9.59 Å². The number of nitrogens with two attached hydrogens (primary N) is 1. The van der Waals surface area contributed by atoms with Gasteiger partial charge in [-0.3, -0.25) is 0 Å². The fourth-order valence-corrected chi connectivity index (χ4v) is 1.16. The van der Waals surface area contributed by atoms with Crippen LogP contribution >= 0.6 is 11.8 Å². The maximum Gasteiger partial charge on any atom is 0.348 e. The monoisotopic (exact) mass is 202 g/mol. The minimum atomic E-state index is -1.68. The summed E-state index contributed by atoms with van der Waals surface area (Å²) in [4.78, 5) is 21.5. The Bertz CT molecular complexity index is 238. The first kappa shape index (κ1) is 11.9.